The van der Waals surface area contributed by atoms with E-state index in [0.29, 0.717) is 0 Å². The zero-order valence-electron chi connectivity index (χ0n) is 11.9. The van der Waals surface area contributed by atoms with Crippen molar-refractivity contribution >= 4 is 18.9 Å². The van der Waals surface area contributed by atoms with Crippen LogP contribution in [0.5, 0.6) is 5.75 Å². The van der Waals surface area contributed by atoms with Crippen LogP contribution in [-0.2, 0) is 4.74 Å². The summed E-state index contributed by atoms with van der Waals surface area (Å²) in [5.74, 6) is 0.737. The molecule has 20 heavy (non-hydrogen) atoms. The minimum absolute atomic E-state index is 0. The van der Waals surface area contributed by atoms with Gasteiger partial charge in [-0.05, 0) is 49.6 Å². The third-order valence-electron chi connectivity index (χ3n) is 3.05. The second kappa shape index (κ2) is 7.55. The Morgan fingerprint density at radius 3 is 2.40 bits per heavy atom. The van der Waals surface area contributed by atoms with Gasteiger partial charge in [0.05, 0.1) is 0 Å². The Kier molecular flexibility index (Phi) is 6.36. The van der Waals surface area contributed by atoms with Gasteiger partial charge in [-0.1, -0.05) is 23.8 Å². The molecule has 101 valence electrons. The number of benzene rings is 2. The van der Waals surface area contributed by atoms with E-state index >= 15 is 0 Å². The van der Waals surface area contributed by atoms with Crippen LogP contribution < -0.4 is 4.74 Å². The van der Waals surface area contributed by atoms with E-state index in [2.05, 4.69) is 51.1 Å². The van der Waals surface area contributed by atoms with Gasteiger partial charge in [0.15, 0.2) is 6.79 Å². The van der Waals surface area contributed by atoms with Gasteiger partial charge in [0.2, 0.25) is 0 Å². The van der Waals surface area contributed by atoms with Gasteiger partial charge in [-0.2, -0.15) is 0 Å². The van der Waals surface area contributed by atoms with Gasteiger partial charge in [-0.3, -0.25) is 0 Å². The van der Waals surface area contributed by atoms with Crippen molar-refractivity contribution < 1.29 is 9.47 Å². The Bertz CT molecular complexity index is 579. The molecule has 0 bridgehead atoms. The number of aryl methyl sites for hydroxylation is 3. The standard InChI is InChI=1S/C17H19O2.Li.H/c1-12-5-7-14(3)15(9-12)16-10-13(2)6-8-17(16)19-11-18-4;;/h5-7,9-10H,11H2,1-4H3;;. The van der Waals surface area contributed by atoms with Gasteiger partial charge < -0.3 is 9.47 Å². The Balaban J connectivity index is 0.00000200. The van der Waals surface area contributed by atoms with E-state index in [1.807, 2.05) is 6.07 Å². The molecule has 0 spiro atoms. The minimum atomic E-state index is 0. The Morgan fingerprint density at radius 2 is 1.70 bits per heavy atom. The monoisotopic (exact) mass is 263 g/mol. The molecule has 0 fully saturated rings. The SMILES string of the molecule is COCOc1[c]cc(C)cc1-c1cc(C)ccc1C.[LiH]. The van der Waals surface area contributed by atoms with Crippen molar-refractivity contribution in [1.82, 2.24) is 0 Å². The molecular weight excluding hydrogens is 243 g/mol. The molecule has 2 aromatic rings. The van der Waals surface area contributed by atoms with Crippen LogP contribution in [0.1, 0.15) is 16.7 Å². The molecule has 0 saturated carbocycles. The molecule has 0 aliphatic rings. The topological polar surface area (TPSA) is 18.5 Å². The van der Waals surface area contributed by atoms with Crippen LogP contribution in [-0.4, -0.2) is 32.8 Å². The molecule has 0 aliphatic carbocycles. The zero-order valence-corrected chi connectivity index (χ0v) is 11.9. The molecule has 0 saturated heterocycles. The fourth-order valence-electron chi connectivity index (χ4n) is 2.06. The summed E-state index contributed by atoms with van der Waals surface area (Å²) in [6.45, 7) is 6.50. The third-order valence-corrected chi connectivity index (χ3v) is 3.05. The second-order valence-electron chi connectivity index (χ2n) is 4.79. The summed E-state index contributed by atoms with van der Waals surface area (Å²) in [6.07, 6.45) is 0. The zero-order chi connectivity index (χ0) is 13.8. The molecule has 0 atom stereocenters. The van der Waals surface area contributed by atoms with Crippen LogP contribution in [0.2, 0.25) is 0 Å². The first-order valence-corrected chi connectivity index (χ1v) is 6.33. The summed E-state index contributed by atoms with van der Waals surface area (Å²) in [5, 5.41) is 0. The molecular formula is C17H20LiO2. The number of hydrogen-bond acceptors (Lipinski definition) is 2. The van der Waals surface area contributed by atoms with E-state index < -0.39 is 0 Å². The second-order valence-corrected chi connectivity index (χ2v) is 4.79. The van der Waals surface area contributed by atoms with Gasteiger partial charge in [-0.15, -0.1) is 0 Å². The predicted molar refractivity (Wildman–Crippen MR) is 84.6 cm³/mol. The quantitative estimate of drug-likeness (QED) is 0.621. The fourth-order valence-corrected chi connectivity index (χ4v) is 2.06. The van der Waals surface area contributed by atoms with E-state index in [1.165, 1.54) is 22.3 Å². The molecule has 0 unspecified atom stereocenters. The summed E-state index contributed by atoms with van der Waals surface area (Å²) in [4.78, 5) is 0. The molecule has 2 rings (SSSR count). The van der Waals surface area contributed by atoms with Crippen LogP contribution in [0, 0.1) is 26.8 Å². The fraction of sp³-hybridized carbons (Fsp3) is 0.294. The predicted octanol–water partition coefficient (Wildman–Crippen LogP) is 3.41. The van der Waals surface area contributed by atoms with Crippen molar-refractivity contribution in [2.45, 2.75) is 20.8 Å². The normalized spacial score (nSPS) is 10.0. The molecule has 0 heterocycles. The van der Waals surface area contributed by atoms with Gasteiger partial charge in [0.25, 0.3) is 0 Å². The average molecular weight is 263 g/mol. The summed E-state index contributed by atoms with van der Waals surface area (Å²) in [7, 11) is 1.62. The van der Waals surface area contributed by atoms with Crippen LogP contribution in [0.15, 0.2) is 30.3 Å². The van der Waals surface area contributed by atoms with Crippen LogP contribution in [0.25, 0.3) is 11.1 Å². The number of methoxy groups -OCH3 is 1. The third kappa shape index (κ3) is 3.90. The Morgan fingerprint density at radius 1 is 1.00 bits per heavy atom. The molecule has 0 N–H and O–H groups in total. The van der Waals surface area contributed by atoms with Crippen molar-refractivity contribution in [3.05, 3.63) is 53.1 Å². The first-order chi connectivity index (χ1) is 9.11. The molecule has 1 radical (unpaired) electrons. The van der Waals surface area contributed by atoms with Crippen LogP contribution >= 0.6 is 0 Å². The van der Waals surface area contributed by atoms with E-state index in [9.17, 15) is 0 Å². The van der Waals surface area contributed by atoms with E-state index in [0.717, 1.165) is 11.3 Å². The van der Waals surface area contributed by atoms with Crippen molar-refractivity contribution in [2.24, 2.45) is 0 Å². The number of ether oxygens (including phenoxy) is 2. The first-order valence-electron chi connectivity index (χ1n) is 6.33. The molecule has 0 aliphatic heterocycles. The van der Waals surface area contributed by atoms with Gasteiger partial charge in [0.1, 0.15) is 5.75 Å². The maximum absolute atomic E-state index is 5.61. The van der Waals surface area contributed by atoms with Gasteiger partial charge in [-0.25, -0.2) is 0 Å². The summed E-state index contributed by atoms with van der Waals surface area (Å²) in [6, 6.07) is 13.7. The number of rotatable bonds is 4. The summed E-state index contributed by atoms with van der Waals surface area (Å²) >= 11 is 0. The van der Waals surface area contributed by atoms with Crippen LogP contribution in [0.3, 0.4) is 0 Å². The summed E-state index contributed by atoms with van der Waals surface area (Å²) < 4.78 is 10.6. The molecule has 3 heteroatoms. The van der Waals surface area contributed by atoms with Crippen molar-refractivity contribution in [3.8, 4) is 16.9 Å². The molecule has 0 amide bonds. The maximum atomic E-state index is 5.61. The van der Waals surface area contributed by atoms with Crippen molar-refractivity contribution in [2.75, 3.05) is 13.9 Å². The molecule has 2 aromatic carbocycles. The molecule has 2 nitrogen and oxygen atoms in total. The van der Waals surface area contributed by atoms with Gasteiger partial charge in [0, 0.05) is 18.7 Å². The van der Waals surface area contributed by atoms with Gasteiger partial charge >= 0.3 is 18.9 Å². The number of hydrogen-bond donors (Lipinski definition) is 0. The van der Waals surface area contributed by atoms with Crippen molar-refractivity contribution in [3.63, 3.8) is 0 Å². The molecule has 0 aromatic heterocycles. The van der Waals surface area contributed by atoms with E-state index in [4.69, 9.17) is 9.47 Å². The Hall–Kier alpha value is -1.20. The van der Waals surface area contributed by atoms with E-state index in [-0.39, 0.29) is 25.7 Å². The average Bonchev–Trinajstić information content (AvgIpc) is 2.40. The van der Waals surface area contributed by atoms with Crippen LogP contribution in [0.4, 0.5) is 0 Å². The first kappa shape index (κ1) is 16.9. The van der Waals surface area contributed by atoms with Crippen molar-refractivity contribution in [1.29, 1.82) is 0 Å². The summed E-state index contributed by atoms with van der Waals surface area (Å²) in [5.41, 5.74) is 5.89. The Labute approximate surface area is 133 Å². The van der Waals surface area contributed by atoms with E-state index in [1.54, 1.807) is 7.11 Å².